The highest BCUT2D eigenvalue weighted by Gasteiger charge is 2.22. The lowest BCUT2D eigenvalue weighted by atomic mass is 10.2. The van der Waals surface area contributed by atoms with Gasteiger partial charge in [-0.1, -0.05) is 47.3 Å². The monoisotopic (exact) mass is 381 g/mol. The molecular formula is C19H19N5O2S. The van der Waals surface area contributed by atoms with Crippen molar-refractivity contribution in [1.82, 2.24) is 24.9 Å². The molecule has 0 aliphatic rings. The molecule has 0 amide bonds. The lowest BCUT2D eigenvalue weighted by Gasteiger charge is -2.11. The van der Waals surface area contributed by atoms with Gasteiger partial charge in [0.25, 0.3) is 0 Å². The van der Waals surface area contributed by atoms with Gasteiger partial charge in [-0.2, -0.15) is 4.98 Å². The zero-order chi connectivity index (χ0) is 18.8. The Kier molecular flexibility index (Phi) is 4.81. The molecule has 3 aromatic heterocycles. The van der Waals surface area contributed by atoms with Gasteiger partial charge in [0.2, 0.25) is 5.89 Å². The Hall–Kier alpha value is -2.87. The van der Waals surface area contributed by atoms with E-state index in [-0.39, 0.29) is 5.25 Å². The summed E-state index contributed by atoms with van der Waals surface area (Å²) in [5, 5.41) is 13.5. The smallest absolute Gasteiger partial charge is 0.239 e. The summed E-state index contributed by atoms with van der Waals surface area (Å²) >= 11 is 1.54. The van der Waals surface area contributed by atoms with E-state index in [0.29, 0.717) is 18.3 Å². The molecule has 0 radical (unpaired) electrons. The third-order valence-electron chi connectivity index (χ3n) is 4.17. The summed E-state index contributed by atoms with van der Waals surface area (Å²) in [5.74, 6) is 2.79. The van der Waals surface area contributed by atoms with Crippen molar-refractivity contribution in [3.8, 4) is 11.4 Å². The van der Waals surface area contributed by atoms with Crippen molar-refractivity contribution < 1.29 is 8.94 Å². The second-order valence-corrected chi connectivity index (χ2v) is 7.52. The zero-order valence-electron chi connectivity index (χ0n) is 15.3. The molecule has 0 saturated heterocycles. The lowest BCUT2D eigenvalue weighted by molar-refractivity contribution is 0.376. The van der Waals surface area contributed by atoms with E-state index in [2.05, 4.69) is 37.0 Å². The van der Waals surface area contributed by atoms with Crippen molar-refractivity contribution in [3.05, 3.63) is 65.7 Å². The van der Waals surface area contributed by atoms with Gasteiger partial charge in [0.15, 0.2) is 16.8 Å². The van der Waals surface area contributed by atoms with Crippen LogP contribution in [0.25, 0.3) is 11.4 Å². The Morgan fingerprint density at radius 1 is 1.11 bits per heavy atom. The molecule has 1 unspecified atom stereocenters. The highest BCUT2D eigenvalue weighted by molar-refractivity contribution is 7.99. The number of rotatable bonds is 6. The van der Waals surface area contributed by atoms with E-state index in [1.165, 1.54) is 5.56 Å². The Morgan fingerprint density at radius 3 is 2.59 bits per heavy atom. The minimum atomic E-state index is -0.0387. The standard InChI is InChI=1S/C19H19N5O2S/c1-12-16(9-10-25-12)17-21-22-19(24(17)11-15-7-5-4-6-8-15)27-13(2)18-20-14(3)23-26-18/h4-10,13H,11H2,1-3H3. The SMILES string of the molecule is Cc1noc(C(C)Sc2nnc(-c3ccoc3C)n2Cc2ccccc2)n1. The Labute approximate surface area is 160 Å². The summed E-state index contributed by atoms with van der Waals surface area (Å²) in [6.45, 7) is 6.41. The first-order valence-corrected chi connectivity index (χ1v) is 9.48. The number of nitrogens with zero attached hydrogens (tertiary/aromatic N) is 5. The van der Waals surface area contributed by atoms with Gasteiger partial charge in [-0.15, -0.1) is 10.2 Å². The van der Waals surface area contributed by atoms with Gasteiger partial charge >= 0.3 is 0 Å². The second-order valence-electron chi connectivity index (χ2n) is 6.21. The van der Waals surface area contributed by atoms with E-state index in [4.69, 9.17) is 8.94 Å². The molecule has 0 aliphatic carbocycles. The molecule has 138 valence electrons. The highest BCUT2D eigenvalue weighted by Crippen LogP contribution is 2.35. The fourth-order valence-corrected chi connectivity index (χ4v) is 3.67. The van der Waals surface area contributed by atoms with E-state index in [0.717, 1.165) is 22.3 Å². The first-order chi connectivity index (χ1) is 13.1. The number of hydrogen-bond donors (Lipinski definition) is 0. The molecule has 4 rings (SSSR count). The number of furan rings is 1. The van der Waals surface area contributed by atoms with E-state index in [1.807, 2.05) is 45.0 Å². The molecule has 3 heterocycles. The molecule has 7 nitrogen and oxygen atoms in total. The third kappa shape index (κ3) is 3.66. The molecule has 1 atom stereocenters. The Bertz CT molecular complexity index is 1040. The molecule has 0 fully saturated rings. The van der Waals surface area contributed by atoms with E-state index in [9.17, 15) is 0 Å². The summed E-state index contributed by atoms with van der Waals surface area (Å²) in [7, 11) is 0. The van der Waals surface area contributed by atoms with Gasteiger partial charge in [0, 0.05) is 0 Å². The quantitative estimate of drug-likeness (QED) is 0.457. The van der Waals surface area contributed by atoms with E-state index in [1.54, 1.807) is 18.0 Å². The van der Waals surface area contributed by atoms with Crippen LogP contribution in [0.15, 0.2) is 56.8 Å². The number of aromatic nitrogens is 5. The van der Waals surface area contributed by atoms with Crippen LogP contribution in [-0.4, -0.2) is 24.9 Å². The second kappa shape index (κ2) is 7.40. The maximum absolute atomic E-state index is 5.47. The van der Waals surface area contributed by atoms with Crippen LogP contribution in [0.1, 0.15) is 35.2 Å². The first-order valence-electron chi connectivity index (χ1n) is 8.60. The topological polar surface area (TPSA) is 82.8 Å². The summed E-state index contributed by atoms with van der Waals surface area (Å²) in [6.07, 6.45) is 1.67. The maximum Gasteiger partial charge on any atom is 0.239 e. The van der Waals surface area contributed by atoms with Crippen LogP contribution in [0.3, 0.4) is 0 Å². The average Bonchev–Trinajstić information content (AvgIpc) is 3.37. The Morgan fingerprint density at radius 2 is 1.93 bits per heavy atom. The van der Waals surface area contributed by atoms with Crippen molar-refractivity contribution >= 4 is 11.8 Å². The fourth-order valence-electron chi connectivity index (χ4n) is 2.79. The molecule has 0 saturated carbocycles. The van der Waals surface area contributed by atoms with Crippen molar-refractivity contribution in [1.29, 1.82) is 0 Å². The van der Waals surface area contributed by atoms with Gasteiger partial charge < -0.3 is 8.94 Å². The van der Waals surface area contributed by atoms with Crippen molar-refractivity contribution in [3.63, 3.8) is 0 Å². The largest absolute Gasteiger partial charge is 0.469 e. The van der Waals surface area contributed by atoms with Gasteiger partial charge in [-0.25, -0.2) is 0 Å². The van der Waals surface area contributed by atoms with Crippen LogP contribution in [0.4, 0.5) is 0 Å². The van der Waals surface area contributed by atoms with Crippen molar-refractivity contribution in [2.45, 2.75) is 37.7 Å². The molecule has 1 aromatic carbocycles. The summed E-state index contributed by atoms with van der Waals surface area (Å²) in [4.78, 5) is 4.32. The predicted octanol–water partition coefficient (Wildman–Crippen LogP) is 4.44. The van der Waals surface area contributed by atoms with Crippen LogP contribution >= 0.6 is 11.8 Å². The summed E-state index contributed by atoms with van der Waals surface area (Å²) in [6, 6.07) is 12.2. The molecule has 0 bridgehead atoms. The number of benzene rings is 1. The van der Waals surface area contributed by atoms with Gasteiger partial charge in [0.1, 0.15) is 5.76 Å². The van der Waals surface area contributed by atoms with Crippen molar-refractivity contribution in [2.75, 3.05) is 0 Å². The highest BCUT2D eigenvalue weighted by atomic mass is 32.2. The van der Waals surface area contributed by atoms with Gasteiger partial charge in [0.05, 0.1) is 23.6 Å². The van der Waals surface area contributed by atoms with Crippen molar-refractivity contribution in [2.24, 2.45) is 0 Å². The maximum atomic E-state index is 5.47. The summed E-state index contributed by atoms with van der Waals surface area (Å²) < 4.78 is 12.9. The average molecular weight is 381 g/mol. The molecule has 8 heteroatoms. The minimum Gasteiger partial charge on any atom is -0.469 e. The predicted molar refractivity (Wildman–Crippen MR) is 101 cm³/mol. The number of hydrogen-bond acceptors (Lipinski definition) is 7. The van der Waals surface area contributed by atoms with Gasteiger partial charge in [-0.3, -0.25) is 4.57 Å². The molecule has 0 spiro atoms. The molecule has 0 N–H and O–H groups in total. The number of thioether (sulfide) groups is 1. The third-order valence-corrected chi connectivity index (χ3v) is 5.24. The fraction of sp³-hybridized carbons (Fsp3) is 0.263. The zero-order valence-corrected chi connectivity index (χ0v) is 16.1. The van der Waals surface area contributed by atoms with Crippen LogP contribution < -0.4 is 0 Å². The van der Waals surface area contributed by atoms with Crippen LogP contribution in [0.2, 0.25) is 0 Å². The van der Waals surface area contributed by atoms with E-state index < -0.39 is 0 Å². The minimum absolute atomic E-state index is 0.0387. The summed E-state index contributed by atoms with van der Waals surface area (Å²) in [5.41, 5.74) is 2.11. The van der Waals surface area contributed by atoms with E-state index >= 15 is 0 Å². The lowest BCUT2D eigenvalue weighted by Crippen LogP contribution is -2.05. The van der Waals surface area contributed by atoms with Gasteiger partial charge in [-0.05, 0) is 32.4 Å². The molecule has 27 heavy (non-hydrogen) atoms. The van der Waals surface area contributed by atoms with Crippen LogP contribution in [0.5, 0.6) is 0 Å². The Balaban J connectivity index is 1.70. The molecule has 0 aliphatic heterocycles. The number of aryl methyl sites for hydroxylation is 2. The van der Waals surface area contributed by atoms with Crippen LogP contribution in [0, 0.1) is 13.8 Å². The molecular weight excluding hydrogens is 362 g/mol. The first kappa shape index (κ1) is 17.5. The molecule has 4 aromatic rings. The van der Waals surface area contributed by atoms with Crippen LogP contribution in [-0.2, 0) is 6.54 Å². The normalized spacial score (nSPS) is 12.4.